The van der Waals surface area contributed by atoms with Gasteiger partial charge < -0.3 is 39.9 Å². The van der Waals surface area contributed by atoms with Crippen molar-refractivity contribution in [3.8, 4) is 0 Å². The lowest BCUT2D eigenvalue weighted by Gasteiger charge is -2.41. The minimum atomic E-state index is -5.03. The SMILES string of the molecule is CCCCCCC/C=C\CCCCCCCC(=O)O[C@H](CO/C=C\CCCCCCCCCCCCCCCCCC)COP(=O)(O)OC1C(O)C(O)C(O)[C@@H](O)C1O. The molecule has 1 aliphatic carbocycles. The third-order valence-electron chi connectivity index (χ3n) is 11.1. The largest absolute Gasteiger partial charge is 0.498 e. The van der Waals surface area contributed by atoms with Gasteiger partial charge in [0, 0.05) is 6.42 Å². The van der Waals surface area contributed by atoms with E-state index in [0.717, 1.165) is 57.8 Å². The maximum Gasteiger partial charge on any atom is 0.472 e. The average molecular weight is 863 g/mol. The number of esters is 1. The number of unbranched alkanes of at least 4 members (excludes halogenated alkanes) is 26. The van der Waals surface area contributed by atoms with E-state index in [-0.39, 0.29) is 13.0 Å². The molecule has 0 amide bonds. The van der Waals surface area contributed by atoms with Gasteiger partial charge in [-0.1, -0.05) is 167 Å². The zero-order valence-corrected chi connectivity index (χ0v) is 38.0. The van der Waals surface area contributed by atoms with Crippen molar-refractivity contribution in [2.24, 2.45) is 0 Å². The van der Waals surface area contributed by atoms with Crippen molar-refractivity contribution in [3.05, 3.63) is 24.5 Å². The second-order valence-corrected chi connectivity index (χ2v) is 18.1. The topological polar surface area (TPSA) is 192 Å². The number of rotatable bonds is 40. The van der Waals surface area contributed by atoms with E-state index >= 15 is 0 Å². The van der Waals surface area contributed by atoms with Crippen molar-refractivity contribution in [2.45, 2.75) is 249 Å². The van der Waals surface area contributed by atoms with Crippen LogP contribution in [0.15, 0.2) is 24.5 Å². The zero-order valence-electron chi connectivity index (χ0n) is 37.1. The lowest BCUT2D eigenvalue weighted by molar-refractivity contribution is -0.220. The van der Waals surface area contributed by atoms with Gasteiger partial charge in [-0.25, -0.2) is 4.57 Å². The van der Waals surface area contributed by atoms with Crippen LogP contribution in [-0.4, -0.2) is 92.3 Å². The molecule has 348 valence electrons. The van der Waals surface area contributed by atoms with Crippen LogP contribution in [0.3, 0.4) is 0 Å². The monoisotopic (exact) mass is 863 g/mol. The summed E-state index contributed by atoms with van der Waals surface area (Å²) in [5.41, 5.74) is 0. The normalized spacial score (nSPS) is 22.6. The highest BCUT2D eigenvalue weighted by atomic mass is 31.2. The van der Waals surface area contributed by atoms with Gasteiger partial charge in [-0.15, -0.1) is 0 Å². The summed E-state index contributed by atoms with van der Waals surface area (Å²) < 4.78 is 33.9. The first-order chi connectivity index (χ1) is 28.5. The zero-order chi connectivity index (χ0) is 43.4. The summed E-state index contributed by atoms with van der Waals surface area (Å²) in [5, 5.41) is 50.1. The molecule has 59 heavy (non-hydrogen) atoms. The highest BCUT2D eigenvalue weighted by Gasteiger charge is 2.51. The van der Waals surface area contributed by atoms with Crippen LogP contribution in [-0.2, 0) is 27.9 Å². The van der Waals surface area contributed by atoms with Crippen LogP contribution in [0.4, 0.5) is 0 Å². The van der Waals surface area contributed by atoms with Gasteiger partial charge in [0.15, 0.2) is 6.10 Å². The second-order valence-electron chi connectivity index (χ2n) is 16.7. The van der Waals surface area contributed by atoms with Crippen molar-refractivity contribution >= 4 is 13.8 Å². The molecular formula is C46H87O12P. The summed E-state index contributed by atoms with van der Waals surface area (Å²) in [6.45, 7) is 3.72. The first kappa shape index (κ1) is 55.7. The Morgan fingerprint density at radius 3 is 1.34 bits per heavy atom. The van der Waals surface area contributed by atoms with Crippen LogP contribution in [0.1, 0.15) is 206 Å². The molecule has 0 aromatic heterocycles. The number of carbonyl (C=O) groups excluding carboxylic acids is 1. The summed E-state index contributed by atoms with van der Waals surface area (Å²) in [5.74, 6) is -0.506. The van der Waals surface area contributed by atoms with Crippen molar-refractivity contribution in [1.29, 1.82) is 0 Å². The van der Waals surface area contributed by atoms with E-state index in [0.29, 0.717) is 6.42 Å². The molecule has 0 saturated heterocycles. The average Bonchev–Trinajstić information content (AvgIpc) is 3.22. The van der Waals surface area contributed by atoms with Gasteiger partial charge in [0.1, 0.15) is 43.2 Å². The quantitative estimate of drug-likeness (QED) is 0.0112. The van der Waals surface area contributed by atoms with E-state index in [4.69, 9.17) is 18.5 Å². The summed E-state index contributed by atoms with van der Waals surface area (Å²) in [4.78, 5) is 23.1. The lowest BCUT2D eigenvalue weighted by Crippen LogP contribution is -2.64. The van der Waals surface area contributed by atoms with Crippen LogP contribution in [0.5, 0.6) is 0 Å². The van der Waals surface area contributed by atoms with Crippen LogP contribution in [0.25, 0.3) is 0 Å². The van der Waals surface area contributed by atoms with E-state index in [1.165, 1.54) is 128 Å². The number of aliphatic hydroxyl groups is 5. The fraction of sp³-hybridized carbons (Fsp3) is 0.891. The van der Waals surface area contributed by atoms with Crippen molar-refractivity contribution in [2.75, 3.05) is 13.2 Å². The van der Waals surface area contributed by atoms with Gasteiger partial charge in [0.05, 0.1) is 12.9 Å². The number of aliphatic hydroxyl groups excluding tert-OH is 5. The van der Waals surface area contributed by atoms with Gasteiger partial charge in [-0.3, -0.25) is 13.8 Å². The minimum Gasteiger partial charge on any atom is -0.498 e. The van der Waals surface area contributed by atoms with Gasteiger partial charge in [0.25, 0.3) is 0 Å². The molecule has 13 heteroatoms. The van der Waals surface area contributed by atoms with Crippen molar-refractivity contribution in [3.63, 3.8) is 0 Å². The van der Waals surface area contributed by atoms with Crippen LogP contribution >= 0.6 is 7.82 Å². The summed E-state index contributed by atoms with van der Waals surface area (Å²) in [6.07, 6.45) is 30.4. The minimum absolute atomic E-state index is 0.161. The molecule has 8 atom stereocenters. The number of phosphoric ester groups is 1. The molecule has 1 fully saturated rings. The fourth-order valence-corrected chi connectivity index (χ4v) is 8.29. The Balaban J connectivity index is 2.40. The molecule has 12 nitrogen and oxygen atoms in total. The lowest BCUT2D eigenvalue weighted by atomic mass is 9.85. The number of ether oxygens (including phenoxy) is 2. The molecule has 0 spiro atoms. The molecule has 6 unspecified atom stereocenters. The highest BCUT2D eigenvalue weighted by Crippen LogP contribution is 2.47. The maximum absolute atomic E-state index is 12.8. The predicted molar refractivity (Wildman–Crippen MR) is 235 cm³/mol. The van der Waals surface area contributed by atoms with E-state index in [9.17, 15) is 39.8 Å². The molecular weight excluding hydrogens is 775 g/mol. The van der Waals surface area contributed by atoms with Crippen LogP contribution < -0.4 is 0 Å². The van der Waals surface area contributed by atoms with E-state index < -0.39 is 63.1 Å². The van der Waals surface area contributed by atoms with E-state index in [2.05, 4.69) is 26.0 Å². The Bertz CT molecular complexity index is 1070. The molecule has 0 aromatic carbocycles. The summed E-state index contributed by atoms with van der Waals surface area (Å²) in [6, 6.07) is 0. The smallest absolute Gasteiger partial charge is 0.472 e. The molecule has 1 aliphatic rings. The van der Waals surface area contributed by atoms with Crippen molar-refractivity contribution in [1.82, 2.24) is 0 Å². The first-order valence-corrected chi connectivity index (χ1v) is 25.2. The third-order valence-corrected chi connectivity index (χ3v) is 12.1. The molecule has 6 N–H and O–H groups in total. The standard InChI is InChI=1S/C46H87O12P/c1-3-5-7-9-11-13-15-17-19-20-21-22-24-26-28-30-32-34-36-55-37-39(38-56-59(53,54)58-46-44(51)42(49)41(48)43(50)45(46)52)57-40(47)35-33-31-29-27-25-23-18-16-14-12-10-8-6-4-2/h16,18,34,36,39,41-46,48-52H,3-15,17,19-33,35,37-38H2,1-2H3,(H,53,54)/b18-16-,36-34-/t39-,41?,42-,43?,44?,45?,46?/m1/s1. The van der Waals surface area contributed by atoms with Crippen LogP contribution in [0, 0.1) is 0 Å². The molecule has 1 rings (SSSR count). The van der Waals surface area contributed by atoms with Gasteiger partial charge >= 0.3 is 13.8 Å². The molecule has 0 aromatic rings. The van der Waals surface area contributed by atoms with Crippen molar-refractivity contribution < 1.29 is 58.3 Å². The Kier molecular flexibility index (Phi) is 35.1. The fourth-order valence-electron chi connectivity index (χ4n) is 7.32. The molecule has 0 radical (unpaired) electrons. The van der Waals surface area contributed by atoms with E-state index in [1.807, 2.05) is 6.08 Å². The first-order valence-electron chi connectivity index (χ1n) is 23.7. The molecule has 0 heterocycles. The number of carbonyl (C=O) groups is 1. The molecule has 1 saturated carbocycles. The Labute approximate surface area is 358 Å². The Morgan fingerprint density at radius 1 is 0.525 bits per heavy atom. The third kappa shape index (κ3) is 29.6. The molecule has 0 aliphatic heterocycles. The Morgan fingerprint density at radius 2 is 0.898 bits per heavy atom. The Hall–Kier alpha value is -1.34. The predicted octanol–water partition coefficient (Wildman–Crippen LogP) is 10.0. The van der Waals surface area contributed by atoms with Gasteiger partial charge in [0.2, 0.25) is 0 Å². The number of hydrogen-bond acceptors (Lipinski definition) is 11. The second kappa shape index (κ2) is 37.2. The van der Waals surface area contributed by atoms with Gasteiger partial charge in [-0.05, 0) is 51.0 Å². The molecule has 0 bridgehead atoms. The van der Waals surface area contributed by atoms with Crippen LogP contribution in [0.2, 0.25) is 0 Å². The van der Waals surface area contributed by atoms with E-state index in [1.54, 1.807) is 0 Å². The maximum atomic E-state index is 12.8. The number of allylic oxidation sites excluding steroid dienone is 3. The van der Waals surface area contributed by atoms with Gasteiger partial charge in [-0.2, -0.15) is 0 Å². The summed E-state index contributed by atoms with van der Waals surface area (Å²) >= 11 is 0. The highest BCUT2D eigenvalue weighted by molar-refractivity contribution is 7.47. The number of hydrogen-bond donors (Lipinski definition) is 6. The number of phosphoric acid groups is 1. The summed E-state index contributed by atoms with van der Waals surface area (Å²) in [7, 11) is -5.03.